The van der Waals surface area contributed by atoms with Gasteiger partial charge in [0.15, 0.2) is 0 Å². The number of thiophene rings is 1. The molecule has 100 valence electrons. The Morgan fingerprint density at radius 1 is 1.05 bits per heavy atom. The van der Waals surface area contributed by atoms with E-state index in [1.165, 1.54) is 16.0 Å². The lowest BCUT2D eigenvalue weighted by atomic mass is 9.86. The molecule has 0 spiro atoms. The fraction of sp³-hybridized carbons (Fsp3) is 0.353. The van der Waals surface area contributed by atoms with Crippen LogP contribution in [0.15, 0.2) is 30.3 Å². The minimum absolute atomic E-state index is 0.123. The zero-order valence-corrected chi connectivity index (χ0v) is 13.0. The lowest BCUT2D eigenvalue weighted by Crippen LogP contribution is -2.11. The molecule has 2 rings (SSSR count). The average molecular weight is 272 g/mol. The van der Waals surface area contributed by atoms with Crippen molar-refractivity contribution in [1.29, 1.82) is 0 Å². The van der Waals surface area contributed by atoms with Gasteiger partial charge >= 0.3 is 0 Å². The van der Waals surface area contributed by atoms with Gasteiger partial charge in [0.05, 0.1) is 4.88 Å². The van der Waals surface area contributed by atoms with Gasteiger partial charge in [0.1, 0.15) is 0 Å². The summed E-state index contributed by atoms with van der Waals surface area (Å²) in [7, 11) is 0. The largest absolute Gasteiger partial charge is 0.288 e. The normalized spacial score (nSPS) is 11.6. The Hall–Kier alpha value is -1.41. The molecule has 0 aliphatic heterocycles. The highest BCUT2D eigenvalue weighted by Gasteiger charge is 2.16. The van der Waals surface area contributed by atoms with Crippen LogP contribution in [0.2, 0.25) is 0 Å². The van der Waals surface area contributed by atoms with E-state index in [2.05, 4.69) is 39.8 Å². The number of ketones is 1. The summed E-state index contributed by atoms with van der Waals surface area (Å²) in [6.45, 7) is 10.6. The van der Waals surface area contributed by atoms with Crippen LogP contribution in [-0.2, 0) is 5.41 Å². The third kappa shape index (κ3) is 2.95. The summed E-state index contributed by atoms with van der Waals surface area (Å²) in [6, 6.07) is 9.97. The molecule has 19 heavy (non-hydrogen) atoms. The molecule has 2 heteroatoms. The van der Waals surface area contributed by atoms with Crippen LogP contribution >= 0.6 is 11.3 Å². The third-order valence-electron chi connectivity index (χ3n) is 3.40. The van der Waals surface area contributed by atoms with Gasteiger partial charge in [0, 0.05) is 10.4 Å². The van der Waals surface area contributed by atoms with E-state index in [1.54, 1.807) is 11.3 Å². The Balaban J connectivity index is 2.30. The second kappa shape index (κ2) is 4.93. The van der Waals surface area contributed by atoms with E-state index in [0.717, 1.165) is 10.4 Å². The molecule has 0 aliphatic carbocycles. The van der Waals surface area contributed by atoms with Gasteiger partial charge in [-0.3, -0.25) is 4.79 Å². The van der Waals surface area contributed by atoms with Crippen LogP contribution in [0.4, 0.5) is 0 Å². The predicted octanol–water partition coefficient (Wildman–Crippen LogP) is 4.89. The average Bonchev–Trinajstić information content (AvgIpc) is 2.68. The molecule has 0 aliphatic rings. The van der Waals surface area contributed by atoms with Gasteiger partial charge in [-0.2, -0.15) is 0 Å². The number of benzene rings is 1. The van der Waals surface area contributed by atoms with Crippen molar-refractivity contribution in [3.63, 3.8) is 0 Å². The van der Waals surface area contributed by atoms with Crippen molar-refractivity contribution >= 4 is 17.1 Å². The second-order valence-corrected chi connectivity index (χ2v) is 7.26. The monoisotopic (exact) mass is 272 g/mol. The fourth-order valence-electron chi connectivity index (χ4n) is 1.95. The summed E-state index contributed by atoms with van der Waals surface area (Å²) in [6.07, 6.45) is 0. The Kier molecular flexibility index (Phi) is 3.64. The van der Waals surface area contributed by atoms with Gasteiger partial charge in [-0.05, 0) is 36.5 Å². The maximum atomic E-state index is 12.4. The quantitative estimate of drug-likeness (QED) is 0.711. The molecule has 1 nitrogen and oxygen atoms in total. The van der Waals surface area contributed by atoms with Crippen LogP contribution in [-0.4, -0.2) is 5.78 Å². The van der Waals surface area contributed by atoms with E-state index in [4.69, 9.17) is 0 Å². The van der Waals surface area contributed by atoms with Gasteiger partial charge in [0.25, 0.3) is 0 Å². The van der Waals surface area contributed by atoms with Crippen molar-refractivity contribution < 1.29 is 4.79 Å². The molecule has 0 unspecified atom stereocenters. The molecule has 2 aromatic rings. The molecule has 0 fully saturated rings. The topological polar surface area (TPSA) is 17.1 Å². The van der Waals surface area contributed by atoms with Crippen LogP contribution in [0.3, 0.4) is 0 Å². The number of aryl methyl sites for hydroxylation is 2. The maximum Gasteiger partial charge on any atom is 0.202 e. The van der Waals surface area contributed by atoms with Crippen LogP contribution in [0.25, 0.3) is 0 Å². The smallest absolute Gasteiger partial charge is 0.202 e. The Labute approximate surface area is 119 Å². The number of rotatable bonds is 2. The van der Waals surface area contributed by atoms with Crippen LogP contribution in [0.5, 0.6) is 0 Å². The summed E-state index contributed by atoms with van der Waals surface area (Å²) in [4.78, 5) is 14.4. The second-order valence-electron chi connectivity index (χ2n) is 6.01. The van der Waals surface area contributed by atoms with Gasteiger partial charge in [-0.1, -0.05) is 45.0 Å². The summed E-state index contributed by atoms with van der Waals surface area (Å²) < 4.78 is 0. The molecule has 0 saturated carbocycles. The van der Waals surface area contributed by atoms with Gasteiger partial charge in [0.2, 0.25) is 5.78 Å². The van der Waals surface area contributed by atoms with Crippen LogP contribution in [0.1, 0.15) is 52.0 Å². The summed E-state index contributed by atoms with van der Waals surface area (Å²) in [5.74, 6) is 0.127. The van der Waals surface area contributed by atoms with E-state index in [0.29, 0.717) is 0 Å². The molecule has 0 saturated heterocycles. The first-order valence-electron chi connectivity index (χ1n) is 6.51. The first-order chi connectivity index (χ1) is 8.79. The lowest BCUT2D eigenvalue weighted by Gasteiger charge is -2.18. The number of hydrogen-bond acceptors (Lipinski definition) is 2. The van der Waals surface area contributed by atoms with Crippen molar-refractivity contribution in [3.8, 4) is 0 Å². The minimum atomic E-state index is 0.123. The molecule has 1 aromatic heterocycles. The van der Waals surface area contributed by atoms with Crippen molar-refractivity contribution in [1.82, 2.24) is 0 Å². The molecule has 1 aromatic carbocycles. The Bertz CT molecular complexity index is 578. The van der Waals surface area contributed by atoms with Gasteiger partial charge in [-0.25, -0.2) is 0 Å². The molecule has 0 bridgehead atoms. The maximum absolute atomic E-state index is 12.4. The first kappa shape index (κ1) is 14.0. The van der Waals surface area contributed by atoms with E-state index in [9.17, 15) is 4.79 Å². The Morgan fingerprint density at radius 2 is 1.63 bits per heavy atom. The third-order valence-corrected chi connectivity index (χ3v) is 4.55. The minimum Gasteiger partial charge on any atom is -0.288 e. The van der Waals surface area contributed by atoms with Crippen molar-refractivity contribution in [2.45, 2.75) is 40.0 Å². The molecular weight excluding hydrogens is 252 g/mol. The van der Waals surface area contributed by atoms with E-state index in [1.807, 2.05) is 25.1 Å². The van der Waals surface area contributed by atoms with Crippen molar-refractivity contribution in [2.75, 3.05) is 0 Å². The first-order valence-corrected chi connectivity index (χ1v) is 7.33. The van der Waals surface area contributed by atoms with Gasteiger partial charge in [-0.15, -0.1) is 11.3 Å². The summed E-state index contributed by atoms with van der Waals surface area (Å²) in [5.41, 5.74) is 3.34. The van der Waals surface area contributed by atoms with Crippen LogP contribution < -0.4 is 0 Å². The van der Waals surface area contributed by atoms with E-state index >= 15 is 0 Å². The van der Waals surface area contributed by atoms with Gasteiger partial charge < -0.3 is 0 Å². The molecular formula is C17H20OS. The highest BCUT2D eigenvalue weighted by molar-refractivity contribution is 7.14. The summed E-state index contributed by atoms with van der Waals surface area (Å²) >= 11 is 1.58. The summed E-state index contributed by atoms with van der Waals surface area (Å²) in [5, 5.41) is 0. The number of carbonyl (C=O) groups excluding carboxylic acids is 1. The number of hydrogen-bond donors (Lipinski definition) is 0. The van der Waals surface area contributed by atoms with E-state index in [-0.39, 0.29) is 11.2 Å². The SMILES string of the molecule is Cc1cc(C(=O)c2ccc(C(C)(C)C)cc2)sc1C. The molecule has 0 N–H and O–H groups in total. The highest BCUT2D eigenvalue weighted by Crippen LogP contribution is 2.25. The number of carbonyl (C=O) groups is 1. The van der Waals surface area contributed by atoms with E-state index < -0.39 is 0 Å². The molecule has 0 amide bonds. The zero-order valence-electron chi connectivity index (χ0n) is 12.2. The fourth-order valence-corrected chi connectivity index (χ4v) is 2.94. The highest BCUT2D eigenvalue weighted by atomic mass is 32.1. The van der Waals surface area contributed by atoms with Crippen LogP contribution in [0, 0.1) is 13.8 Å². The molecule has 1 heterocycles. The predicted molar refractivity (Wildman–Crippen MR) is 82.4 cm³/mol. The standard InChI is InChI=1S/C17H20OS/c1-11-10-15(19-12(11)2)16(18)13-6-8-14(9-7-13)17(3,4)5/h6-10H,1-5H3. The van der Waals surface area contributed by atoms with Crippen molar-refractivity contribution in [2.24, 2.45) is 0 Å². The lowest BCUT2D eigenvalue weighted by molar-refractivity contribution is 0.104. The molecule has 0 radical (unpaired) electrons. The molecule has 0 atom stereocenters. The van der Waals surface area contributed by atoms with Crippen molar-refractivity contribution in [3.05, 3.63) is 56.8 Å². The Morgan fingerprint density at radius 3 is 2.05 bits per heavy atom. The zero-order chi connectivity index (χ0) is 14.2.